The van der Waals surface area contributed by atoms with Crippen molar-refractivity contribution < 1.29 is 0 Å². The van der Waals surface area contributed by atoms with Crippen LogP contribution in [0.2, 0.25) is 0 Å². The van der Waals surface area contributed by atoms with E-state index in [1.54, 1.807) is 0 Å². The van der Waals surface area contributed by atoms with E-state index in [1.165, 1.54) is 16.7 Å². The normalized spacial score (nSPS) is 11.3. The van der Waals surface area contributed by atoms with Gasteiger partial charge < -0.3 is 0 Å². The summed E-state index contributed by atoms with van der Waals surface area (Å²) in [6.07, 6.45) is 2.82. The quantitative estimate of drug-likeness (QED) is 0.237. The lowest BCUT2D eigenvalue weighted by molar-refractivity contribution is 0.627. The Labute approximate surface area is 174 Å². The van der Waals surface area contributed by atoms with Crippen molar-refractivity contribution in [3.05, 3.63) is 116 Å². The Morgan fingerprint density at radius 3 is 1.12 bits per heavy atom. The third-order valence-corrected chi connectivity index (χ3v) is 6.05. The van der Waals surface area contributed by atoms with Gasteiger partial charge in [0.1, 0.15) is 0 Å². The Morgan fingerprint density at radius 2 is 0.880 bits per heavy atom. The van der Waals surface area contributed by atoms with Gasteiger partial charge >= 0.3 is 0 Å². The molecule has 126 valence electrons. The van der Waals surface area contributed by atoms with E-state index < -0.39 is 0 Å². The van der Waals surface area contributed by atoms with Crippen LogP contribution in [0.4, 0.5) is 0 Å². The third kappa shape index (κ3) is 3.84. The van der Waals surface area contributed by atoms with Crippen molar-refractivity contribution in [2.24, 2.45) is 0 Å². The van der Waals surface area contributed by atoms with E-state index in [-0.39, 0.29) is 5.41 Å². The molecule has 0 aliphatic rings. The van der Waals surface area contributed by atoms with Crippen LogP contribution in [0.5, 0.6) is 0 Å². The van der Waals surface area contributed by atoms with Crippen molar-refractivity contribution in [2.45, 2.75) is 11.8 Å². The largest absolute Gasteiger partial charge is 0.103 e. The fourth-order valence-electron chi connectivity index (χ4n) is 3.27. The van der Waals surface area contributed by atoms with Crippen LogP contribution in [0.25, 0.3) is 0 Å². The highest BCUT2D eigenvalue weighted by Crippen LogP contribution is 2.43. The molecule has 0 spiro atoms. The first kappa shape index (κ1) is 18.6. The molecule has 3 aromatic rings. The predicted octanol–water partition coefficient (Wildman–Crippen LogP) is 7.88. The zero-order valence-corrected chi connectivity index (χ0v) is 18.3. The number of hydrogen-bond acceptors (Lipinski definition) is 0. The van der Waals surface area contributed by atoms with Gasteiger partial charge in [-0.25, -0.2) is 0 Å². The third-order valence-electron chi connectivity index (χ3n) is 4.46. The minimum Gasteiger partial charge on any atom is -0.103 e. The van der Waals surface area contributed by atoms with E-state index in [0.29, 0.717) is 0 Å². The van der Waals surface area contributed by atoms with Crippen molar-refractivity contribution in [2.75, 3.05) is 0 Å². The van der Waals surface area contributed by atoms with Crippen molar-refractivity contribution in [1.29, 1.82) is 0 Å². The molecular weight excluding hydrogens is 504 g/mol. The molecule has 0 radical (unpaired) electrons. The van der Waals surface area contributed by atoms with Crippen LogP contribution in [0.15, 0.2) is 98.9 Å². The molecule has 3 aromatic carbocycles. The molecule has 0 bridgehead atoms. The molecule has 0 aliphatic heterocycles. The van der Waals surface area contributed by atoms with Gasteiger partial charge in [0, 0.05) is 18.8 Å². The van der Waals surface area contributed by atoms with Gasteiger partial charge in [0.05, 0.1) is 0 Å². The first-order valence-corrected chi connectivity index (χ1v) is 10.3. The van der Waals surface area contributed by atoms with Crippen LogP contribution in [0, 0.1) is 0 Å². The predicted molar refractivity (Wildman–Crippen MR) is 117 cm³/mol. The Hall–Kier alpha value is -1.16. The van der Waals surface area contributed by atoms with E-state index in [1.807, 2.05) is 6.08 Å². The zero-order valence-electron chi connectivity index (χ0n) is 13.6. The molecule has 0 fully saturated rings. The van der Waals surface area contributed by atoms with Crippen molar-refractivity contribution in [1.82, 2.24) is 0 Å². The molecule has 3 heteroatoms. The van der Waals surface area contributed by atoms with Gasteiger partial charge in [0.15, 0.2) is 0 Å². The monoisotopic (exact) mass is 518 g/mol. The SMILES string of the molecule is C=CCC(c1ccc(Br)cc1)(c1ccc(Br)cc1)c1ccc(Br)cc1. The summed E-state index contributed by atoms with van der Waals surface area (Å²) in [6, 6.07) is 25.8. The summed E-state index contributed by atoms with van der Waals surface area (Å²) < 4.78 is 3.24. The maximum Gasteiger partial charge on any atom is 0.0485 e. The van der Waals surface area contributed by atoms with E-state index in [4.69, 9.17) is 0 Å². The molecule has 0 saturated carbocycles. The minimum atomic E-state index is -0.274. The molecule has 0 saturated heterocycles. The van der Waals surface area contributed by atoms with Crippen LogP contribution in [0.1, 0.15) is 23.1 Å². The fourth-order valence-corrected chi connectivity index (χ4v) is 4.07. The lowest BCUT2D eigenvalue weighted by Gasteiger charge is -2.35. The molecule has 3 rings (SSSR count). The van der Waals surface area contributed by atoms with Gasteiger partial charge in [-0.3, -0.25) is 0 Å². The number of halogens is 3. The van der Waals surface area contributed by atoms with Gasteiger partial charge in [0.2, 0.25) is 0 Å². The van der Waals surface area contributed by atoms with Crippen molar-refractivity contribution >= 4 is 47.8 Å². The van der Waals surface area contributed by atoms with E-state index in [2.05, 4.69) is 127 Å². The van der Waals surface area contributed by atoms with E-state index >= 15 is 0 Å². The molecule has 0 unspecified atom stereocenters. The molecule has 25 heavy (non-hydrogen) atoms. The van der Waals surface area contributed by atoms with Crippen LogP contribution >= 0.6 is 47.8 Å². The lowest BCUT2D eigenvalue weighted by atomic mass is 9.67. The van der Waals surface area contributed by atoms with Crippen LogP contribution in [0.3, 0.4) is 0 Å². The maximum atomic E-state index is 4.05. The van der Waals surface area contributed by atoms with Gasteiger partial charge in [0.25, 0.3) is 0 Å². The second-order valence-corrected chi connectivity index (χ2v) is 8.67. The summed E-state index contributed by atoms with van der Waals surface area (Å²) in [4.78, 5) is 0. The first-order valence-electron chi connectivity index (χ1n) is 7.95. The van der Waals surface area contributed by atoms with Crippen molar-refractivity contribution in [3.63, 3.8) is 0 Å². The molecule has 0 amide bonds. The maximum absolute atomic E-state index is 4.05. The minimum absolute atomic E-state index is 0.274. The van der Waals surface area contributed by atoms with Crippen LogP contribution in [-0.2, 0) is 5.41 Å². The number of benzene rings is 3. The topological polar surface area (TPSA) is 0 Å². The Morgan fingerprint density at radius 1 is 0.600 bits per heavy atom. The summed E-state index contributed by atoms with van der Waals surface area (Å²) in [7, 11) is 0. The molecule has 0 aliphatic carbocycles. The second-order valence-electron chi connectivity index (χ2n) is 5.92. The molecule has 0 aromatic heterocycles. The molecule has 0 heterocycles. The number of allylic oxidation sites excluding steroid dienone is 1. The zero-order chi connectivity index (χ0) is 17.9. The highest BCUT2D eigenvalue weighted by molar-refractivity contribution is 9.11. The molecular formula is C22H17Br3. The number of rotatable bonds is 5. The van der Waals surface area contributed by atoms with Crippen LogP contribution in [-0.4, -0.2) is 0 Å². The van der Waals surface area contributed by atoms with Gasteiger partial charge in [-0.2, -0.15) is 0 Å². The fraction of sp³-hybridized carbons (Fsp3) is 0.0909. The average Bonchev–Trinajstić information content (AvgIpc) is 2.62. The highest BCUT2D eigenvalue weighted by atomic mass is 79.9. The van der Waals surface area contributed by atoms with E-state index in [0.717, 1.165) is 19.8 Å². The molecule has 0 nitrogen and oxygen atoms in total. The first-order chi connectivity index (χ1) is 12.1. The van der Waals surface area contributed by atoms with Gasteiger partial charge in [-0.15, -0.1) is 6.58 Å². The summed E-state index contributed by atoms with van der Waals surface area (Å²) in [6.45, 7) is 4.05. The van der Waals surface area contributed by atoms with Crippen LogP contribution < -0.4 is 0 Å². The summed E-state index contributed by atoms with van der Waals surface area (Å²) in [5.41, 5.74) is 3.48. The summed E-state index contributed by atoms with van der Waals surface area (Å²) in [5, 5.41) is 0. The smallest absolute Gasteiger partial charge is 0.0485 e. The Balaban J connectivity index is 2.30. The lowest BCUT2D eigenvalue weighted by Crippen LogP contribution is -2.28. The average molecular weight is 521 g/mol. The van der Waals surface area contributed by atoms with Gasteiger partial charge in [-0.1, -0.05) is 90.3 Å². The Kier molecular flexibility index (Phi) is 5.98. The van der Waals surface area contributed by atoms with E-state index in [9.17, 15) is 0 Å². The van der Waals surface area contributed by atoms with Crippen molar-refractivity contribution in [3.8, 4) is 0 Å². The highest BCUT2D eigenvalue weighted by Gasteiger charge is 2.35. The Bertz CT molecular complexity index is 736. The molecule has 0 N–H and O–H groups in total. The summed E-state index contributed by atoms with van der Waals surface area (Å²) in [5.74, 6) is 0. The molecule has 0 atom stereocenters. The number of hydrogen-bond donors (Lipinski definition) is 0. The summed E-state index contributed by atoms with van der Waals surface area (Å²) >= 11 is 10.7. The van der Waals surface area contributed by atoms with Gasteiger partial charge in [-0.05, 0) is 59.5 Å². The second kappa shape index (κ2) is 8.03. The standard InChI is InChI=1S/C22H17Br3/c1-2-15-22(16-3-9-19(23)10-4-16,17-5-11-20(24)12-6-17)18-7-13-21(25)14-8-18/h2-14H,1,15H2.